The quantitative estimate of drug-likeness (QED) is 0.773. The Morgan fingerprint density at radius 3 is 3.05 bits per heavy atom. The number of hydrogen-bond donors (Lipinski definition) is 2. The van der Waals surface area contributed by atoms with Crippen LogP contribution in [0.5, 0.6) is 5.75 Å². The van der Waals surface area contributed by atoms with Crippen molar-refractivity contribution < 1.29 is 4.74 Å². The van der Waals surface area contributed by atoms with E-state index in [1.165, 1.54) is 11.3 Å². The molecule has 1 atom stereocenters. The van der Waals surface area contributed by atoms with E-state index in [1.807, 2.05) is 18.2 Å². The number of imidazole rings is 1. The van der Waals surface area contributed by atoms with Crippen LogP contribution in [0.2, 0.25) is 0 Å². The van der Waals surface area contributed by atoms with Gasteiger partial charge in [-0.05, 0) is 23.8 Å². The fraction of sp³-hybridized carbons (Fsp3) is 0.235. The Balaban J connectivity index is 1.63. The molecule has 2 N–H and O–H groups in total. The molecule has 2 heterocycles. The van der Waals surface area contributed by atoms with Gasteiger partial charge in [-0.2, -0.15) is 0 Å². The summed E-state index contributed by atoms with van der Waals surface area (Å²) in [5, 5.41) is 3.46. The molecule has 2 aromatic carbocycles. The third kappa shape index (κ3) is 2.13. The van der Waals surface area contributed by atoms with E-state index >= 15 is 0 Å². The normalized spacial score (nSPS) is 16.7. The zero-order valence-electron chi connectivity index (χ0n) is 11.9. The maximum atomic E-state index is 5.25. The van der Waals surface area contributed by atoms with Crippen LogP contribution in [0.1, 0.15) is 17.3 Å². The van der Waals surface area contributed by atoms with Crippen molar-refractivity contribution in [1.29, 1.82) is 0 Å². The Labute approximate surface area is 123 Å². The summed E-state index contributed by atoms with van der Waals surface area (Å²) in [5.74, 6) is 2.36. The highest BCUT2D eigenvalue weighted by atomic mass is 16.5. The van der Waals surface area contributed by atoms with Crippen LogP contribution >= 0.6 is 0 Å². The first-order chi connectivity index (χ1) is 10.3. The highest BCUT2D eigenvalue weighted by molar-refractivity contribution is 5.76. The lowest BCUT2D eigenvalue weighted by molar-refractivity contribution is 0.415. The van der Waals surface area contributed by atoms with Crippen LogP contribution in [0.15, 0.2) is 42.5 Å². The van der Waals surface area contributed by atoms with E-state index < -0.39 is 0 Å². The minimum Gasteiger partial charge on any atom is -0.497 e. The molecule has 1 aliphatic rings. The lowest BCUT2D eigenvalue weighted by atomic mass is 9.98. The summed E-state index contributed by atoms with van der Waals surface area (Å²) in [4.78, 5) is 8.09. The zero-order chi connectivity index (χ0) is 14.2. The monoisotopic (exact) mass is 279 g/mol. The van der Waals surface area contributed by atoms with Gasteiger partial charge in [-0.3, -0.25) is 0 Å². The van der Waals surface area contributed by atoms with Crippen LogP contribution in [0, 0.1) is 0 Å². The molecule has 0 saturated carbocycles. The molecular weight excluding hydrogens is 262 g/mol. The molecule has 0 fully saturated rings. The first-order valence-electron chi connectivity index (χ1n) is 7.19. The summed E-state index contributed by atoms with van der Waals surface area (Å²) in [6.07, 6.45) is 0.918. The number of hydrogen-bond acceptors (Lipinski definition) is 3. The van der Waals surface area contributed by atoms with Crippen molar-refractivity contribution in [2.24, 2.45) is 0 Å². The zero-order valence-corrected chi connectivity index (χ0v) is 11.9. The van der Waals surface area contributed by atoms with Crippen molar-refractivity contribution in [2.45, 2.75) is 12.3 Å². The van der Waals surface area contributed by atoms with Crippen molar-refractivity contribution in [3.63, 3.8) is 0 Å². The molecule has 0 bridgehead atoms. The van der Waals surface area contributed by atoms with Crippen molar-refractivity contribution in [1.82, 2.24) is 9.97 Å². The SMILES string of the molecule is COc1ccc2nc(CC3CNc4ccccc43)[nH]c2c1. The van der Waals surface area contributed by atoms with Gasteiger partial charge in [0.05, 0.1) is 18.1 Å². The van der Waals surface area contributed by atoms with Gasteiger partial charge in [0.15, 0.2) is 0 Å². The van der Waals surface area contributed by atoms with Crippen LogP contribution < -0.4 is 10.1 Å². The number of aromatic amines is 1. The number of fused-ring (bicyclic) bond motifs is 2. The number of para-hydroxylation sites is 1. The predicted molar refractivity (Wildman–Crippen MR) is 84.0 cm³/mol. The highest BCUT2D eigenvalue weighted by Crippen LogP contribution is 2.33. The molecule has 1 aliphatic heterocycles. The largest absolute Gasteiger partial charge is 0.497 e. The molecule has 0 spiro atoms. The van der Waals surface area contributed by atoms with E-state index in [1.54, 1.807) is 7.11 Å². The molecule has 106 valence electrons. The van der Waals surface area contributed by atoms with Gasteiger partial charge < -0.3 is 15.0 Å². The summed E-state index contributed by atoms with van der Waals surface area (Å²) < 4.78 is 5.25. The Bertz CT molecular complexity index is 794. The van der Waals surface area contributed by atoms with Gasteiger partial charge in [-0.1, -0.05) is 18.2 Å². The van der Waals surface area contributed by atoms with Crippen LogP contribution in [0.4, 0.5) is 5.69 Å². The first kappa shape index (κ1) is 12.3. The maximum Gasteiger partial charge on any atom is 0.121 e. The van der Waals surface area contributed by atoms with E-state index in [0.29, 0.717) is 5.92 Å². The molecule has 3 aromatic rings. The van der Waals surface area contributed by atoms with Gasteiger partial charge in [0.2, 0.25) is 0 Å². The van der Waals surface area contributed by atoms with Crippen molar-refractivity contribution >= 4 is 16.7 Å². The number of rotatable bonds is 3. The number of anilines is 1. The van der Waals surface area contributed by atoms with Gasteiger partial charge in [0, 0.05) is 30.6 Å². The summed E-state index contributed by atoms with van der Waals surface area (Å²) in [6.45, 7) is 0.972. The number of aromatic nitrogens is 2. The smallest absolute Gasteiger partial charge is 0.121 e. The van der Waals surface area contributed by atoms with E-state index in [9.17, 15) is 0 Å². The standard InChI is InChI=1S/C17H17N3O/c1-21-12-6-7-15-16(9-12)20-17(19-15)8-11-10-18-14-5-3-2-4-13(11)14/h2-7,9,11,18H,8,10H2,1H3,(H,19,20). The van der Waals surface area contributed by atoms with Crippen molar-refractivity contribution in [2.75, 3.05) is 19.0 Å². The number of nitrogens with zero attached hydrogens (tertiary/aromatic N) is 1. The summed E-state index contributed by atoms with van der Waals surface area (Å²) in [6, 6.07) is 14.4. The molecule has 4 rings (SSSR count). The number of nitrogens with one attached hydrogen (secondary N) is 2. The molecule has 4 nitrogen and oxygen atoms in total. The third-order valence-corrected chi connectivity index (χ3v) is 4.12. The average Bonchev–Trinajstić information content (AvgIpc) is 3.10. The topological polar surface area (TPSA) is 49.9 Å². The first-order valence-corrected chi connectivity index (χ1v) is 7.19. The number of H-pyrrole nitrogens is 1. The number of methoxy groups -OCH3 is 1. The third-order valence-electron chi connectivity index (χ3n) is 4.12. The summed E-state index contributed by atoms with van der Waals surface area (Å²) in [7, 11) is 1.68. The maximum absolute atomic E-state index is 5.25. The average molecular weight is 279 g/mol. The van der Waals surface area contributed by atoms with Crippen LogP contribution in [0.25, 0.3) is 11.0 Å². The van der Waals surface area contributed by atoms with Crippen LogP contribution in [-0.2, 0) is 6.42 Å². The van der Waals surface area contributed by atoms with Crippen molar-refractivity contribution in [3.8, 4) is 5.75 Å². The lowest BCUT2D eigenvalue weighted by Crippen LogP contribution is -2.06. The van der Waals surface area contributed by atoms with E-state index in [0.717, 1.165) is 35.6 Å². The highest BCUT2D eigenvalue weighted by Gasteiger charge is 2.22. The Hall–Kier alpha value is -2.49. The lowest BCUT2D eigenvalue weighted by Gasteiger charge is -2.07. The molecule has 4 heteroatoms. The molecule has 0 aliphatic carbocycles. The second-order valence-electron chi connectivity index (χ2n) is 5.44. The molecule has 0 radical (unpaired) electrons. The Morgan fingerprint density at radius 1 is 1.24 bits per heavy atom. The van der Waals surface area contributed by atoms with Gasteiger partial charge in [-0.15, -0.1) is 0 Å². The molecule has 0 amide bonds. The second kappa shape index (κ2) is 4.81. The van der Waals surface area contributed by atoms with Gasteiger partial charge in [0.25, 0.3) is 0 Å². The van der Waals surface area contributed by atoms with E-state index in [4.69, 9.17) is 4.74 Å². The minimum atomic E-state index is 0.476. The van der Waals surface area contributed by atoms with E-state index in [2.05, 4.69) is 39.6 Å². The summed E-state index contributed by atoms with van der Waals surface area (Å²) >= 11 is 0. The van der Waals surface area contributed by atoms with E-state index in [-0.39, 0.29) is 0 Å². The van der Waals surface area contributed by atoms with Gasteiger partial charge in [0.1, 0.15) is 11.6 Å². The van der Waals surface area contributed by atoms with Crippen LogP contribution in [-0.4, -0.2) is 23.6 Å². The van der Waals surface area contributed by atoms with Crippen molar-refractivity contribution in [3.05, 3.63) is 53.9 Å². The number of benzene rings is 2. The van der Waals surface area contributed by atoms with Gasteiger partial charge in [-0.25, -0.2) is 4.98 Å². The Kier molecular flexibility index (Phi) is 2.81. The Morgan fingerprint density at radius 2 is 2.14 bits per heavy atom. The van der Waals surface area contributed by atoms with Crippen LogP contribution in [0.3, 0.4) is 0 Å². The fourth-order valence-corrected chi connectivity index (χ4v) is 3.04. The number of ether oxygens (including phenoxy) is 1. The second-order valence-corrected chi connectivity index (χ2v) is 5.44. The predicted octanol–water partition coefficient (Wildman–Crippen LogP) is 3.32. The minimum absolute atomic E-state index is 0.476. The molecular formula is C17H17N3O. The van der Waals surface area contributed by atoms with Gasteiger partial charge >= 0.3 is 0 Å². The fourth-order valence-electron chi connectivity index (χ4n) is 3.04. The molecule has 0 saturated heterocycles. The molecule has 1 aromatic heterocycles. The summed E-state index contributed by atoms with van der Waals surface area (Å²) in [5.41, 5.74) is 4.66. The molecule has 21 heavy (non-hydrogen) atoms. The molecule has 1 unspecified atom stereocenters.